The van der Waals surface area contributed by atoms with Crippen molar-refractivity contribution in [3.8, 4) is 5.75 Å². The van der Waals surface area contributed by atoms with Crippen molar-refractivity contribution in [2.45, 2.75) is 13.5 Å². The van der Waals surface area contributed by atoms with Crippen LogP contribution in [0.2, 0.25) is 0 Å². The van der Waals surface area contributed by atoms with Gasteiger partial charge in [0.15, 0.2) is 5.78 Å². The van der Waals surface area contributed by atoms with Gasteiger partial charge in [0.25, 0.3) is 0 Å². The van der Waals surface area contributed by atoms with Gasteiger partial charge in [0.05, 0.1) is 18.8 Å². The first kappa shape index (κ1) is 15.0. The first-order chi connectivity index (χ1) is 10.1. The van der Waals surface area contributed by atoms with E-state index in [9.17, 15) is 9.90 Å². The van der Waals surface area contributed by atoms with Gasteiger partial charge in [-0.3, -0.25) is 4.79 Å². The van der Waals surface area contributed by atoms with Crippen LogP contribution in [-0.2, 0) is 11.3 Å². The highest BCUT2D eigenvalue weighted by Crippen LogP contribution is 2.22. The quantitative estimate of drug-likeness (QED) is 0.649. The van der Waals surface area contributed by atoms with Crippen molar-refractivity contribution < 1.29 is 14.6 Å². The maximum atomic E-state index is 12.4. The predicted octanol–water partition coefficient (Wildman–Crippen LogP) is 3.72. The first-order valence-electron chi connectivity index (χ1n) is 6.71. The summed E-state index contributed by atoms with van der Waals surface area (Å²) in [5, 5.41) is 9.90. The SMILES string of the molecule is C=C(C)COCc1ccc(O)c(C(=O)c2ccccc2)c1. The number of phenols is 1. The van der Waals surface area contributed by atoms with Crippen LogP contribution in [0.15, 0.2) is 60.7 Å². The molecule has 0 atom stereocenters. The molecule has 0 radical (unpaired) electrons. The van der Waals surface area contributed by atoms with Gasteiger partial charge in [0, 0.05) is 5.56 Å². The summed E-state index contributed by atoms with van der Waals surface area (Å²) in [5.74, 6) is -0.220. The summed E-state index contributed by atoms with van der Waals surface area (Å²) in [6.45, 7) is 6.51. The van der Waals surface area contributed by atoms with Crippen molar-refractivity contribution in [3.63, 3.8) is 0 Å². The van der Waals surface area contributed by atoms with Crippen LogP contribution in [0.5, 0.6) is 5.75 Å². The zero-order chi connectivity index (χ0) is 15.2. The molecule has 21 heavy (non-hydrogen) atoms. The molecule has 2 rings (SSSR count). The lowest BCUT2D eigenvalue weighted by Crippen LogP contribution is -2.03. The molecule has 0 aromatic heterocycles. The number of carbonyl (C=O) groups is 1. The number of aromatic hydroxyl groups is 1. The second-order valence-electron chi connectivity index (χ2n) is 5.00. The Labute approximate surface area is 124 Å². The minimum absolute atomic E-state index is 0.0208. The number of benzene rings is 2. The Kier molecular flexibility index (Phi) is 4.90. The van der Waals surface area contributed by atoms with Gasteiger partial charge in [-0.15, -0.1) is 0 Å². The minimum Gasteiger partial charge on any atom is -0.507 e. The first-order valence-corrected chi connectivity index (χ1v) is 6.71. The van der Waals surface area contributed by atoms with Gasteiger partial charge >= 0.3 is 0 Å². The molecule has 2 aromatic rings. The number of hydrogen-bond donors (Lipinski definition) is 1. The predicted molar refractivity (Wildman–Crippen MR) is 82.5 cm³/mol. The van der Waals surface area contributed by atoms with Gasteiger partial charge in [0.1, 0.15) is 5.75 Å². The lowest BCUT2D eigenvalue weighted by molar-refractivity contribution is 0.103. The molecule has 0 aliphatic heterocycles. The third-order valence-corrected chi connectivity index (χ3v) is 2.96. The standard InChI is InChI=1S/C18H18O3/c1-13(2)11-21-12-14-8-9-17(19)16(10-14)18(20)15-6-4-3-5-7-15/h3-10,19H,1,11-12H2,2H3. The van der Waals surface area contributed by atoms with Crippen LogP contribution in [0, 0.1) is 0 Å². The molecule has 0 saturated heterocycles. The fourth-order valence-corrected chi connectivity index (χ4v) is 1.94. The largest absolute Gasteiger partial charge is 0.507 e. The molecule has 0 aliphatic rings. The Morgan fingerprint density at radius 1 is 1.19 bits per heavy atom. The minimum atomic E-state index is -0.199. The average Bonchev–Trinajstić information content (AvgIpc) is 2.49. The molecular weight excluding hydrogens is 264 g/mol. The van der Waals surface area contributed by atoms with Crippen LogP contribution >= 0.6 is 0 Å². The van der Waals surface area contributed by atoms with Crippen LogP contribution < -0.4 is 0 Å². The third-order valence-electron chi connectivity index (χ3n) is 2.96. The molecule has 2 aromatic carbocycles. The number of ether oxygens (including phenoxy) is 1. The highest BCUT2D eigenvalue weighted by Gasteiger charge is 2.14. The number of hydrogen-bond acceptors (Lipinski definition) is 3. The van der Waals surface area contributed by atoms with Crippen molar-refractivity contribution in [1.82, 2.24) is 0 Å². The van der Waals surface area contributed by atoms with E-state index >= 15 is 0 Å². The molecule has 0 saturated carbocycles. The summed E-state index contributed by atoms with van der Waals surface area (Å²) in [5.41, 5.74) is 2.62. The molecule has 108 valence electrons. The Bertz CT molecular complexity index is 645. The van der Waals surface area contributed by atoms with Gasteiger partial charge in [-0.25, -0.2) is 0 Å². The fourth-order valence-electron chi connectivity index (χ4n) is 1.94. The molecule has 3 heteroatoms. The average molecular weight is 282 g/mol. The Balaban J connectivity index is 2.19. The molecule has 0 bridgehead atoms. The van der Waals surface area contributed by atoms with Crippen molar-refractivity contribution in [3.05, 3.63) is 77.4 Å². The maximum absolute atomic E-state index is 12.4. The second-order valence-corrected chi connectivity index (χ2v) is 5.00. The van der Waals surface area contributed by atoms with Crippen LogP contribution in [0.1, 0.15) is 28.4 Å². The van der Waals surface area contributed by atoms with E-state index in [2.05, 4.69) is 6.58 Å². The van der Waals surface area contributed by atoms with E-state index in [1.54, 1.807) is 36.4 Å². The van der Waals surface area contributed by atoms with Crippen LogP contribution in [0.4, 0.5) is 0 Å². The lowest BCUT2D eigenvalue weighted by atomic mass is 10.0. The number of ketones is 1. The van der Waals surface area contributed by atoms with Gasteiger partial charge in [-0.05, 0) is 24.6 Å². The zero-order valence-corrected chi connectivity index (χ0v) is 12.0. The van der Waals surface area contributed by atoms with Gasteiger partial charge < -0.3 is 9.84 Å². The molecule has 0 fully saturated rings. The highest BCUT2D eigenvalue weighted by atomic mass is 16.5. The molecule has 0 heterocycles. The van der Waals surface area contributed by atoms with Gasteiger partial charge in [0.2, 0.25) is 0 Å². The van der Waals surface area contributed by atoms with E-state index in [0.717, 1.165) is 11.1 Å². The summed E-state index contributed by atoms with van der Waals surface area (Å²) in [6.07, 6.45) is 0. The number of carbonyl (C=O) groups excluding carboxylic acids is 1. The zero-order valence-electron chi connectivity index (χ0n) is 12.0. The molecule has 0 amide bonds. The van der Waals surface area contributed by atoms with E-state index in [4.69, 9.17) is 4.74 Å². The molecule has 0 unspecified atom stereocenters. The summed E-state index contributed by atoms with van der Waals surface area (Å²) in [6, 6.07) is 13.8. The summed E-state index contributed by atoms with van der Waals surface area (Å²) in [4.78, 5) is 12.4. The van der Waals surface area contributed by atoms with Crippen molar-refractivity contribution in [1.29, 1.82) is 0 Å². The second kappa shape index (κ2) is 6.86. The van der Waals surface area contributed by atoms with Crippen LogP contribution in [0.25, 0.3) is 0 Å². The van der Waals surface area contributed by atoms with E-state index in [1.165, 1.54) is 6.07 Å². The highest BCUT2D eigenvalue weighted by molar-refractivity contribution is 6.10. The van der Waals surface area contributed by atoms with Gasteiger partial charge in [-0.2, -0.15) is 0 Å². The Morgan fingerprint density at radius 2 is 1.90 bits per heavy atom. The summed E-state index contributed by atoms with van der Waals surface area (Å²) in [7, 11) is 0. The van der Waals surface area contributed by atoms with E-state index in [1.807, 2.05) is 13.0 Å². The molecule has 1 N–H and O–H groups in total. The Morgan fingerprint density at radius 3 is 2.57 bits per heavy atom. The summed E-state index contributed by atoms with van der Waals surface area (Å²) >= 11 is 0. The smallest absolute Gasteiger partial charge is 0.196 e. The van der Waals surface area contributed by atoms with Crippen molar-refractivity contribution >= 4 is 5.78 Å². The van der Waals surface area contributed by atoms with E-state index < -0.39 is 0 Å². The molecule has 3 nitrogen and oxygen atoms in total. The van der Waals surface area contributed by atoms with Gasteiger partial charge in [-0.1, -0.05) is 48.6 Å². The molecular formula is C18H18O3. The van der Waals surface area contributed by atoms with Crippen LogP contribution in [-0.4, -0.2) is 17.5 Å². The van der Waals surface area contributed by atoms with E-state index in [-0.39, 0.29) is 17.1 Å². The van der Waals surface area contributed by atoms with Crippen molar-refractivity contribution in [2.75, 3.05) is 6.61 Å². The summed E-state index contributed by atoms with van der Waals surface area (Å²) < 4.78 is 5.47. The van der Waals surface area contributed by atoms with Crippen molar-refractivity contribution in [2.24, 2.45) is 0 Å². The number of phenolic OH excluding ortho intramolecular Hbond substituents is 1. The number of rotatable bonds is 6. The molecule has 0 spiro atoms. The fraction of sp³-hybridized carbons (Fsp3) is 0.167. The van der Waals surface area contributed by atoms with Crippen LogP contribution in [0.3, 0.4) is 0 Å². The molecule has 0 aliphatic carbocycles. The maximum Gasteiger partial charge on any atom is 0.196 e. The monoisotopic (exact) mass is 282 g/mol. The topological polar surface area (TPSA) is 46.5 Å². The Hall–Kier alpha value is -2.39. The normalized spacial score (nSPS) is 10.3. The third kappa shape index (κ3) is 4.04. The van der Waals surface area contributed by atoms with E-state index in [0.29, 0.717) is 18.8 Å². The lowest BCUT2D eigenvalue weighted by Gasteiger charge is -2.08.